The van der Waals surface area contributed by atoms with E-state index in [4.69, 9.17) is 5.73 Å². The molecule has 1 aromatic carbocycles. The van der Waals surface area contributed by atoms with E-state index in [0.717, 1.165) is 49.1 Å². The van der Waals surface area contributed by atoms with Crippen molar-refractivity contribution < 1.29 is 9.59 Å². The van der Waals surface area contributed by atoms with Gasteiger partial charge in [0.25, 0.3) is 0 Å². The number of nitrogens with zero attached hydrogens (tertiary/aromatic N) is 3. The molecule has 150 valence electrons. The summed E-state index contributed by atoms with van der Waals surface area (Å²) in [7, 11) is 0. The van der Waals surface area contributed by atoms with Gasteiger partial charge in [-0.25, -0.2) is 0 Å². The van der Waals surface area contributed by atoms with Crippen LogP contribution in [0.3, 0.4) is 0 Å². The van der Waals surface area contributed by atoms with E-state index < -0.39 is 11.9 Å². The summed E-state index contributed by atoms with van der Waals surface area (Å²) in [5, 5.41) is 11.3. The Bertz CT molecular complexity index is 844. The number of carbonyl (C=O) groups excluding carboxylic acids is 2. The Kier molecular flexibility index (Phi) is 5.59. The maximum absolute atomic E-state index is 12.9. The van der Waals surface area contributed by atoms with Gasteiger partial charge in [0.05, 0.1) is 11.7 Å². The Morgan fingerprint density at radius 1 is 1.21 bits per heavy atom. The van der Waals surface area contributed by atoms with E-state index in [0.29, 0.717) is 31.8 Å². The quantitative estimate of drug-likeness (QED) is 0.685. The molecule has 8 heteroatoms. The molecule has 0 aliphatic carbocycles. The number of H-pyrrole nitrogens is 1. The number of nitrogens with two attached hydrogens (primary N) is 1. The Balaban J connectivity index is 1.37. The summed E-state index contributed by atoms with van der Waals surface area (Å²) >= 11 is 0. The molecule has 2 aliphatic heterocycles. The molecule has 8 nitrogen and oxygen atoms in total. The molecule has 2 atom stereocenters. The van der Waals surface area contributed by atoms with Crippen LogP contribution in [0.5, 0.6) is 0 Å². The monoisotopic (exact) mass is 384 g/mol. The Hall–Kier alpha value is -2.45. The first-order chi connectivity index (χ1) is 13.6. The average Bonchev–Trinajstić information content (AvgIpc) is 3.20. The maximum Gasteiger partial charge on any atom is 0.240 e. The molecule has 0 saturated carbocycles. The SMILES string of the molecule is NC(=O)C1CC(N2CCNCC2)CCN1C(=O)CCc1ccc2[nH]ncc2c1. The van der Waals surface area contributed by atoms with Crippen LogP contribution >= 0.6 is 0 Å². The third-order valence-electron chi connectivity index (χ3n) is 6.02. The van der Waals surface area contributed by atoms with Crippen molar-refractivity contribution in [3.05, 3.63) is 30.0 Å². The molecule has 2 unspecified atom stereocenters. The smallest absolute Gasteiger partial charge is 0.240 e. The lowest BCUT2D eigenvalue weighted by atomic mass is 9.94. The lowest BCUT2D eigenvalue weighted by Crippen LogP contribution is -2.58. The van der Waals surface area contributed by atoms with Crippen LogP contribution in [0, 0.1) is 0 Å². The van der Waals surface area contributed by atoms with E-state index in [2.05, 4.69) is 20.4 Å². The molecule has 28 heavy (non-hydrogen) atoms. The zero-order valence-electron chi connectivity index (χ0n) is 16.1. The molecule has 2 fully saturated rings. The first-order valence-corrected chi connectivity index (χ1v) is 10.1. The van der Waals surface area contributed by atoms with Gasteiger partial charge in [0.1, 0.15) is 6.04 Å². The average molecular weight is 384 g/mol. The van der Waals surface area contributed by atoms with E-state index in [9.17, 15) is 9.59 Å². The molecule has 0 spiro atoms. The number of fused-ring (bicyclic) bond motifs is 1. The number of primary amides is 1. The highest BCUT2D eigenvalue weighted by Crippen LogP contribution is 2.24. The van der Waals surface area contributed by atoms with E-state index in [1.54, 1.807) is 11.1 Å². The van der Waals surface area contributed by atoms with Crippen LogP contribution < -0.4 is 11.1 Å². The number of amides is 2. The van der Waals surface area contributed by atoms with Crippen molar-refractivity contribution in [3.8, 4) is 0 Å². The molecule has 2 amide bonds. The lowest BCUT2D eigenvalue weighted by molar-refractivity contribution is -0.142. The molecule has 4 N–H and O–H groups in total. The zero-order chi connectivity index (χ0) is 19.5. The Morgan fingerprint density at radius 2 is 2.04 bits per heavy atom. The van der Waals surface area contributed by atoms with Crippen LogP contribution in [-0.2, 0) is 16.0 Å². The van der Waals surface area contributed by atoms with Crippen LogP contribution in [0.1, 0.15) is 24.8 Å². The fourth-order valence-electron chi connectivity index (χ4n) is 4.44. The van der Waals surface area contributed by atoms with Gasteiger partial charge in [-0.1, -0.05) is 6.07 Å². The number of nitrogens with one attached hydrogen (secondary N) is 2. The van der Waals surface area contributed by atoms with Crippen LogP contribution in [0.15, 0.2) is 24.4 Å². The van der Waals surface area contributed by atoms with Gasteiger partial charge in [-0.2, -0.15) is 5.10 Å². The van der Waals surface area contributed by atoms with Gasteiger partial charge < -0.3 is 16.0 Å². The lowest BCUT2D eigenvalue weighted by Gasteiger charge is -2.43. The van der Waals surface area contributed by atoms with Crippen LogP contribution in [0.2, 0.25) is 0 Å². The summed E-state index contributed by atoms with van der Waals surface area (Å²) in [6.07, 6.45) is 4.35. The molecule has 2 aromatic rings. The number of carbonyl (C=O) groups is 2. The van der Waals surface area contributed by atoms with Crippen molar-refractivity contribution >= 4 is 22.7 Å². The van der Waals surface area contributed by atoms with E-state index in [-0.39, 0.29) is 5.91 Å². The predicted octanol–water partition coefficient (Wildman–Crippen LogP) is 0.246. The first kappa shape index (κ1) is 18.9. The summed E-state index contributed by atoms with van der Waals surface area (Å²) in [6, 6.07) is 5.86. The van der Waals surface area contributed by atoms with Crippen LogP contribution in [-0.4, -0.2) is 76.6 Å². The second-order valence-electron chi connectivity index (χ2n) is 7.76. The van der Waals surface area contributed by atoms with Gasteiger partial charge in [-0.15, -0.1) is 0 Å². The summed E-state index contributed by atoms with van der Waals surface area (Å²) in [4.78, 5) is 29.1. The first-order valence-electron chi connectivity index (χ1n) is 10.1. The normalized spacial score (nSPS) is 23.8. The highest BCUT2D eigenvalue weighted by molar-refractivity contribution is 5.87. The van der Waals surface area contributed by atoms with E-state index in [1.165, 1.54) is 0 Å². The summed E-state index contributed by atoms with van der Waals surface area (Å²) in [5.41, 5.74) is 7.75. The summed E-state index contributed by atoms with van der Waals surface area (Å²) in [5.74, 6) is -0.386. The predicted molar refractivity (Wildman–Crippen MR) is 107 cm³/mol. The largest absolute Gasteiger partial charge is 0.368 e. The molecule has 0 radical (unpaired) electrons. The fourth-order valence-corrected chi connectivity index (χ4v) is 4.44. The Labute approximate surface area is 164 Å². The van der Waals surface area contributed by atoms with Gasteiger partial charge in [0.2, 0.25) is 11.8 Å². The minimum atomic E-state index is -0.502. The molecule has 1 aromatic heterocycles. The number of aryl methyl sites for hydroxylation is 1. The second-order valence-corrected chi connectivity index (χ2v) is 7.76. The minimum Gasteiger partial charge on any atom is -0.368 e. The topological polar surface area (TPSA) is 107 Å². The number of piperidine rings is 1. The molecule has 4 rings (SSSR count). The maximum atomic E-state index is 12.9. The van der Waals surface area contributed by atoms with Crippen molar-refractivity contribution in [1.82, 2.24) is 25.3 Å². The molecule has 0 bridgehead atoms. The molecular weight excluding hydrogens is 356 g/mol. The standard InChI is InChI=1S/C20H28N6O2/c21-20(28)18-12-16(25-9-6-22-7-10-25)5-8-26(18)19(27)4-2-14-1-3-17-15(11-14)13-23-24-17/h1,3,11,13,16,18,22H,2,4-10,12H2,(H2,21,28)(H,23,24). The van der Waals surface area contributed by atoms with Crippen molar-refractivity contribution in [2.75, 3.05) is 32.7 Å². The van der Waals surface area contributed by atoms with Gasteiger partial charge >= 0.3 is 0 Å². The minimum absolute atomic E-state index is 0.00912. The number of aromatic amines is 1. The van der Waals surface area contributed by atoms with Gasteiger partial charge in [-0.3, -0.25) is 19.6 Å². The van der Waals surface area contributed by atoms with Crippen LogP contribution in [0.4, 0.5) is 0 Å². The number of rotatable bonds is 5. The molecule has 2 aliphatic rings. The third kappa shape index (κ3) is 4.02. The van der Waals surface area contributed by atoms with Crippen molar-refractivity contribution in [2.24, 2.45) is 5.73 Å². The molecule has 3 heterocycles. The zero-order valence-corrected chi connectivity index (χ0v) is 16.1. The van der Waals surface area contributed by atoms with Gasteiger partial charge in [0.15, 0.2) is 0 Å². The Morgan fingerprint density at radius 3 is 2.82 bits per heavy atom. The number of likely N-dealkylation sites (tertiary alicyclic amines) is 1. The fraction of sp³-hybridized carbons (Fsp3) is 0.550. The molecule has 2 saturated heterocycles. The van der Waals surface area contributed by atoms with Crippen LogP contribution in [0.25, 0.3) is 10.9 Å². The number of hydrogen-bond donors (Lipinski definition) is 3. The highest BCUT2D eigenvalue weighted by Gasteiger charge is 2.37. The summed E-state index contributed by atoms with van der Waals surface area (Å²) in [6.45, 7) is 4.52. The van der Waals surface area contributed by atoms with Gasteiger partial charge in [0, 0.05) is 50.6 Å². The van der Waals surface area contributed by atoms with E-state index in [1.807, 2.05) is 18.2 Å². The number of aromatic nitrogens is 2. The van der Waals surface area contributed by atoms with Crippen molar-refractivity contribution in [2.45, 2.75) is 37.8 Å². The van der Waals surface area contributed by atoms with Crippen molar-refractivity contribution in [1.29, 1.82) is 0 Å². The van der Waals surface area contributed by atoms with Gasteiger partial charge in [-0.05, 0) is 37.0 Å². The number of piperazine rings is 1. The third-order valence-corrected chi connectivity index (χ3v) is 6.02. The second kappa shape index (κ2) is 8.28. The van der Waals surface area contributed by atoms with E-state index >= 15 is 0 Å². The number of benzene rings is 1. The number of hydrogen-bond acceptors (Lipinski definition) is 5. The highest BCUT2D eigenvalue weighted by atomic mass is 16.2. The summed E-state index contributed by atoms with van der Waals surface area (Å²) < 4.78 is 0. The molecular formula is C20H28N6O2. The van der Waals surface area contributed by atoms with Crippen molar-refractivity contribution in [3.63, 3.8) is 0 Å².